The van der Waals surface area contributed by atoms with Gasteiger partial charge in [0.1, 0.15) is 18.1 Å². The number of rotatable bonds is 13. The lowest BCUT2D eigenvalue weighted by Gasteiger charge is -2.37. The van der Waals surface area contributed by atoms with E-state index in [1.165, 1.54) is 11.1 Å². The molecule has 0 saturated heterocycles. The van der Waals surface area contributed by atoms with E-state index in [4.69, 9.17) is 18.9 Å². The Labute approximate surface area is 244 Å². The van der Waals surface area contributed by atoms with E-state index in [-0.39, 0.29) is 6.10 Å². The maximum absolute atomic E-state index is 6.74. The summed E-state index contributed by atoms with van der Waals surface area (Å²) in [6.07, 6.45) is 6.49. The van der Waals surface area contributed by atoms with E-state index < -0.39 is 0 Å². The molecule has 0 N–H and O–H groups in total. The second-order valence-electron chi connectivity index (χ2n) is 11.4. The van der Waals surface area contributed by atoms with Crippen molar-refractivity contribution in [3.63, 3.8) is 0 Å². The summed E-state index contributed by atoms with van der Waals surface area (Å²) in [6, 6.07) is 15.0. The summed E-state index contributed by atoms with van der Waals surface area (Å²) in [5.41, 5.74) is 3.66. The summed E-state index contributed by atoms with van der Waals surface area (Å²) in [5.74, 6) is 3.92. The second kappa shape index (κ2) is 14.1. The van der Waals surface area contributed by atoms with E-state index in [9.17, 15) is 0 Å². The SMILES string of the molecule is CC[C@H](C[C@@H]1CC[C@H](OCc2ccc3c(c2)N(CCCOC)CCO3)[C@@H](c2ccc(OC)cc2)C1)c1nnn(C)n1. The predicted molar refractivity (Wildman–Crippen MR) is 159 cm³/mol. The zero-order chi connectivity index (χ0) is 28.6. The number of aryl methyl sites for hydroxylation is 1. The fraction of sp³-hybridized carbons (Fsp3) is 0.594. The normalized spacial score (nSPS) is 21.3. The quantitative estimate of drug-likeness (QED) is 0.252. The summed E-state index contributed by atoms with van der Waals surface area (Å²) >= 11 is 0. The van der Waals surface area contributed by atoms with Crippen molar-refractivity contribution in [1.82, 2.24) is 20.2 Å². The Morgan fingerprint density at radius 1 is 1.10 bits per heavy atom. The van der Waals surface area contributed by atoms with E-state index in [1.807, 2.05) is 7.05 Å². The van der Waals surface area contributed by atoms with Gasteiger partial charge in [0.2, 0.25) is 0 Å². The Hall–Kier alpha value is -3.17. The lowest BCUT2D eigenvalue weighted by Crippen LogP contribution is -2.34. The van der Waals surface area contributed by atoms with Gasteiger partial charge in [-0.3, -0.25) is 0 Å². The Balaban J connectivity index is 1.28. The maximum Gasteiger partial charge on any atom is 0.177 e. The third-order valence-corrected chi connectivity index (χ3v) is 8.66. The average molecular weight is 564 g/mol. The molecule has 0 bridgehead atoms. The van der Waals surface area contributed by atoms with Gasteiger partial charge >= 0.3 is 0 Å². The topological polar surface area (TPSA) is 83.8 Å². The number of tetrazole rings is 1. The van der Waals surface area contributed by atoms with Crippen molar-refractivity contribution in [1.29, 1.82) is 0 Å². The van der Waals surface area contributed by atoms with Gasteiger partial charge < -0.3 is 23.8 Å². The molecule has 0 spiro atoms. The van der Waals surface area contributed by atoms with Crippen molar-refractivity contribution in [2.75, 3.05) is 45.4 Å². The molecule has 1 fully saturated rings. The minimum absolute atomic E-state index is 0.152. The number of aromatic nitrogens is 4. The van der Waals surface area contributed by atoms with Crippen LogP contribution in [0.25, 0.3) is 0 Å². The standard InChI is InChI=1S/C32H45N5O4/c1-5-25(32-33-35-36(2)34-32)19-23-7-13-30(28(20-23)26-9-11-27(39-4)12-10-26)41-22-24-8-14-31-29(21-24)37(16-18-40-31)15-6-17-38-3/h8-12,14,21,23,25,28,30H,5-7,13,15-20,22H2,1-4H3/t23-,25+,28+,30-/m0/s1. The lowest BCUT2D eigenvalue weighted by atomic mass is 9.73. The smallest absolute Gasteiger partial charge is 0.177 e. The molecule has 2 aliphatic rings. The van der Waals surface area contributed by atoms with Crippen LogP contribution in [0, 0.1) is 5.92 Å². The number of hydrogen-bond donors (Lipinski definition) is 0. The fourth-order valence-corrected chi connectivity index (χ4v) is 6.41. The molecule has 222 valence electrons. The third-order valence-electron chi connectivity index (χ3n) is 8.66. The molecule has 41 heavy (non-hydrogen) atoms. The molecule has 0 amide bonds. The van der Waals surface area contributed by atoms with Crippen LogP contribution in [0.3, 0.4) is 0 Å². The van der Waals surface area contributed by atoms with E-state index >= 15 is 0 Å². The molecule has 3 aromatic rings. The summed E-state index contributed by atoms with van der Waals surface area (Å²) < 4.78 is 23.4. The monoisotopic (exact) mass is 563 g/mol. The van der Waals surface area contributed by atoms with Gasteiger partial charge in [0.25, 0.3) is 0 Å². The van der Waals surface area contributed by atoms with Gasteiger partial charge in [-0.15, -0.1) is 10.2 Å². The van der Waals surface area contributed by atoms with Crippen molar-refractivity contribution in [3.05, 3.63) is 59.4 Å². The molecule has 5 rings (SSSR count). The summed E-state index contributed by atoms with van der Waals surface area (Å²) in [7, 11) is 5.30. The van der Waals surface area contributed by atoms with Crippen molar-refractivity contribution >= 4 is 5.69 Å². The van der Waals surface area contributed by atoms with Crippen LogP contribution in [0.2, 0.25) is 0 Å². The number of nitrogens with zero attached hydrogens (tertiary/aromatic N) is 5. The van der Waals surface area contributed by atoms with Gasteiger partial charge in [0.15, 0.2) is 5.82 Å². The highest BCUT2D eigenvalue weighted by Crippen LogP contribution is 2.43. The molecule has 2 aromatic carbocycles. The molecule has 0 radical (unpaired) electrons. The first kappa shape index (κ1) is 29.3. The van der Waals surface area contributed by atoms with Gasteiger partial charge in [-0.2, -0.15) is 4.80 Å². The molecule has 1 saturated carbocycles. The van der Waals surface area contributed by atoms with Gasteiger partial charge in [0, 0.05) is 32.1 Å². The number of methoxy groups -OCH3 is 2. The highest BCUT2D eigenvalue weighted by molar-refractivity contribution is 5.61. The van der Waals surface area contributed by atoms with E-state index in [2.05, 4.69) is 69.7 Å². The van der Waals surface area contributed by atoms with Gasteiger partial charge in [-0.05, 0) is 85.0 Å². The molecule has 1 aliphatic heterocycles. The first-order valence-corrected chi connectivity index (χ1v) is 15.1. The zero-order valence-corrected chi connectivity index (χ0v) is 25.0. The molecule has 1 aliphatic carbocycles. The van der Waals surface area contributed by atoms with E-state index in [1.54, 1.807) is 19.0 Å². The molecule has 0 unspecified atom stereocenters. The van der Waals surface area contributed by atoms with Crippen LogP contribution in [0.15, 0.2) is 42.5 Å². The number of anilines is 1. The summed E-state index contributed by atoms with van der Waals surface area (Å²) in [4.78, 5) is 3.97. The first-order valence-electron chi connectivity index (χ1n) is 15.1. The number of hydrogen-bond acceptors (Lipinski definition) is 8. The van der Waals surface area contributed by atoms with Crippen LogP contribution in [-0.2, 0) is 23.1 Å². The maximum atomic E-state index is 6.74. The van der Waals surface area contributed by atoms with Crippen LogP contribution in [0.5, 0.6) is 11.5 Å². The van der Waals surface area contributed by atoms with Crippen LogP contribution >= 0.6 is 0 Å². The lowest BCUT2D eigenvalue weighted by molar-refractivity contribution is -0.0101. The molecule has 9 heteroatoms. The van der Waals surface area contributed by atoms with E-state index in [0.29, 0.717) is 31.0 Å². The van der Waals surface area contributed by atoms with Gasteiger partial charge in [-0.1, -0.05) is 25.1 Å². The average Bonchev–Trinajstić information content (AvgIpc) is 3.45. The molecular formula is C32H45N5O4. The van der Waals surface area contributed by atoms with Crippen molar-refractivity contribution in [3.8, 4) is 11.5 Å². The zero-order valence-electron chi connectivity index (χ0n) is 25.0. The summed E-state index contributed by atoms with van der Waals surface area (Å²) in [5, 5.41) is 12.9. The highest BCUT2D eigenvalue weighted by Gasteiger charge is 2.34. The number of fused-ring (bicyclic) bond motifs is 1. The summed E-state index contributed by atoms with van der Waals surface area (Å²) in [6.45, 7) is 6.14. The van der Waals surface area contributed by atoms with Crippen LogP contribution < -0.4 is 14.4 Å². The van der Waals surface area contributed by atoms with Crippen molar-refractivity contribution in [2.45, 2.75) is 70.0 Å². The van der Waals surface area contributed by atoms with Crippen LogP contribution in [-0.4, -0.2) is 66.8 Å². The predicted octanol–water partition coefficient (Wildman–Crippen LogP) is 5.51. The highest BCUT2D eigenvalue weighted by atomic mass is 16.5. The molecule has 2 heterocycles. The molecule has 1 aromatic heterocycles. The van der Waals surface area contributed by atoms with Crippen LogP contribution in [0.1, 0.15) is 74.2 Å². The number of ether oxygens (including phenoxy) is 4. The van der Waals surface area contributed by atoms with Crippen LogP contribution in [0.4, 0.5) is 5.69 Å². The minimum Gasteiger partial charge on any atom is -0.497 e. The van der Waals surface area contributed by atoms with Gasteiger partial charge in [0.05, 0.1) is 39.1 Å². The van der Waals surface area contributed by atoms with Crippen molar-refractivity contribution in [2.24, 2.45) is 13.0 Å². The Bertz CT molecular complexity index is 1230. The Morgan fingerprint density at radius 2 is 1.95 bits per heavy atom. The second-order valence-corrected chi connectivity index (χ2v) is 11.4. The largest absolute Gasteiger partial charge is 0.497 e. The van der Waals surface area contributed by atoms with E-state index in [0.717, 1.165) is 81.2 Å². The third kappa shape index (κ3) is 7.38. The Morgan fingerprint density at radius 3 is 2.68 bits per heavy atom. The molecule has 4 atom stereocenters. The Kier molecular flexibility index (Phi) is 10.1. The number of benzene rings is 2. The fourth-order valence-electron chi connectivity index (χ4n) is 6.41. The molecular weight excluding hydrogens is 518 g/mol. The molecule has 9 nitrogen and oxygen atoms in total. The first-order chi connectivity index (χ1) is 20.1. The van der Waals surface area contributed by atoms with Gasteiger partial charge in [-0.25, -0.2) is 0 Å². The minimum atomic E-state index is 0.152. The van der Waals surface area contributed by atoms with Crippen molar-refractivity contribution < 1.29 is 18.9 Å².